The average Bonchev–Trinajstić information content (AvgIpc) is 2.84. The fourth-order valence-corrected chi connectivity index (χ4v) is 2.37. The Morgan fingerprint density at radius 2 is 1.88 bits per heavy atom. The molecule has 2 heterocycles. The van der Waals surface area contributed by atoms with Crippen LogP contribution in [0.25, 0.3) is 16.8 Å². The molecular formula is C17H16N2O5. The molecule has 0 saturated carbocycles. The molecule has 0 amide bonds. The Kier molecular flexibility index (Phi) is 3.84. The van der Waals surface area contributed by atoms with Crippen molar-refractivity contribution < 1.29 is 13.9 Å². The van der Waals surface area contributed by atoms with Crippen molar-refractivity contribution >= 4 is 17.1 Å². The number of esters is 1. The van der Waals surface area contributed by atoms with E-state index >= 15 is 0 Å². The number of nitrogens with zero attached hydrogens (tertiary/aromatic N) is 1. The van der Waals surface area contributed by atoms with Crippen molar-refractivity contribution in [2.24, 2.45) is 0 Å². The van der Waals surface area contributed by atoms with Crippen LogP contribution in [-0.4, -0.2) is 21.9 Å². The summed E-state index contributed by atoms with van der Waals surface area (Å²) in [6.45, 7) is 5.25. The minimum atomic E-state index is -0.574. The third kappa shape index (κ3) is 2.76. The van der Waals surface area contributed by atoms with Crippen LogP contribution in [0.1, 0.15) is 29.8 Å². The van der Waals surface area contributed by atoms with Crippen LogP contribution in [0.2, 0.25) is 0 Å². The Bertz CT molecular complexity index is 1020. The van der Waals surface area contributed by atoms with Crippen LogP contribution in [0.4, 0.5) is 0 Å². The van der Waals surface area contributed by atoms with Crippen LogP contribution < -0.4 is 11.2 Å². The molecule has 0 aliphatic heterocycles. The van der Waals surface area contributed by atoms with Crippen molar-refractivity contribution in [1.29, 1.82) is 0 Å². The van der Waals surface area contributed by atoms with E-state index in [0.29, 0.717) is 22.3 Å². The summed E-state index contributed by atoms with van der Waals surface area (Å²) in [5, 5.41) is 2.91. The molecule has 0 atom stereocenters. The van der Waals surface area contributed by atoms with Crippen LogP contribution >= 0.6 is 0 Å². The molecule has 0 fully saturated rings. The number of benzene rings is 1. The minimum Gasteiger partial charge on any atom is -0.459 e. The number of aromatic nitrogens is 2. The molecular weight excluding hydrogens is 312 g/mol. The van der Waals surface area contributed by atoms with E-state index in [1.54, 1.807) is 45.0 Å². The van der Waals surface area contributed by atoms with Crippen molar-refractivity contribution in [2.45, 2.75) is 26.9 Å². The van der Waals surface area contributed by atoms with E-state index in [1.165, 1.54) is 10.7 Å². The van der Waals surface area contributed by atoms with Gasteiger partial charge in [0.1, 0.15) is 5.52 Å². The third-order valence-corrected chi connectivity index (χ3v) is 3.48. The number of carbonyl (C=O) groups is 1. The molecule has 0 radical (unpaired) electrons. The number of fused-ring (bicyclic) bond motifs is 1. The summed E-state index contributed by atoms with van der Waals surface area (Å²) in [5.41, 5.74) is 0.914. The van der Waals surface area contributed by atoms with Gasteiger partial charge in [0.25, 0.3) is 0 Å². The number of carbonyl (C=O) groups excluding carboxylic acids is 1. The molecule has 3 aromatic rings. The zero-order valence-electron chi connectivity index (χ0n) is 13.5. The normalized spacial score (nSPS) is 11.2. The van der Waals surface area contributed by atoms with Gasteiger partial charge in [-0.15, -0.1) is 0 Å². The van der Waals surface area contributed by atoms with Crippen molar-refractivity contribution in [1.82, 2.24) is 9.78 Å². The van der Waals surface area contributed by atoms with E-state index < -0.39 is 17.2 Å². The highest BCUT2D eigenvalue weighted by Gasteiger charge is 2.14. The molecule has 0 bridgehead atoms. The molecule has 0 aliphatic rings. The number of H-pyrrole nitrogens is 1. The van der Waals surface area contributed by atoms with Gasteiger partial charge in [-0.05, 0) is 50.6 Å². The first kappa shape index (κ1) is 15.8. The van der Waals surface area contributed by atoms with Gasteiger partial charge in [-0.1, -0.05) is 0 Å². The van der Waals surface area contributed by atoms with Gasteiger partial charge >= 0.3 is 17.2 Å². The predicted molar refractivity (Wildman–Crippen MR) is 87.7 cm³/mol. The Balaban J connectivity index is 2.04. The standard InChI is InChI=1S/C17H16N2O5/c1-9(2)23-17(22)11-4-6-12(7-5-11)19-16(21)15-14(18-19)10(3)8-13(20)24-15/h4-9,18H,1-3H3. The largest absolute Gasteiger partial charge is 0.459 e. The highest BCUT2D eigenvalue weighted by atomic mass is 16.5. The topological polar surface area (TPSA) is 94.3 Å². The minimum absolute atomic E-state index is 0.0247. The molecule has 1 N–H and O–H groups in total. The number of hydrogen-bond acceptors (Lipinski definition) is 5. The Morgan fingerprint density at radius 3 is 2.50 bits per heavy atom. The molecule has 3 rings (SSSR count). The lowest BCUT2D eigenvalue weighted by Crippen LogP contribution is -2.15. The summed E-state index contributed by atoms with van der Waals surface area (Å²) in [7, 11) is 0. The van der Waals surface area contributed by atoms with Crippen molar-refractivity contribution in [3.63, 3.8) is 0 Å². The first-order valence-electron chi connectivity index (χ1n) is 7.43. The second kappa shape index (κ2) is 5.84. The molecule has 7 heteroatoms. The highest BCUT2D eigenvalue weighted by Crippen LogP contribution is 2.14. The average molecular weight is 328 g/mol. The summed E-state index contributed by atoms with van der Waals surface area (Å²) < 4.78 is 11.4. The Hall–Kier alpha value is -3.09. The molecule has 124 valence electrons. The van der Waals surface area contributed by atoms with Gasteiger partial charge in [0.05, 0.1) is 17.4 Å². The fraction of sp³-hybridized carbons (Fsp3) is 0.235. The van der Waals surface area contributed by atoms with Crippen LogP contribution in [0, 0.1) is 6.92 Å². The van der Waals surface area contributed by atoms with Crippen LogP contribution in [-0.2, 0) is 4.74 Å². The van der Waals surface area contributed by atoms with Gasteiger partial charge in [-0.3, -0.25) is 9.89 Å². The van der Waals surface area contributed by atoms with Gasteiger partial charge in [0, 0.05) is 6.07 Å². The second-order valence-corrected chi connectivity index (χ2v) is 5.71. The number of aromatic amines is 1. The van der Waals surface area contributed by atoms with Crippen LogP contribution in [0.3, 0.4) is 0 Å². The maximum atomic E-state index is 12.4. The molecule has 0 spiro atoms. The van der Waals surface area contributed by atoms with Gasteiger partial charge in [0.15, 0.2) is 0 Å². The molecule has 2 aromatic heterocycles. The lowest BCUT2D eigenvalue weighted by Gasteiger charge is -2.08. The summed E-state index contributed by atoms with van der Waals surface area (Å²) in [6.07, 6.45) is -0.209. The van der Waals surface area contributed by atoms with E-state index in [1.807, 2.05) is 0 Å². The van der Waals surface area contributed by atoms with Gasteiger partial charge in [-0.25, -0.2) is 14.3 Å². The molecule has 0 aliphatic carbocycles. The lowest BCUT2D eigenvalue weighted by atomic mass is 10.2. The quantitative estimate of drug-likeness (QED) is 0.743. The lowest BCUT2D eigenvalue weighted by molar-refractivity contribution is 0.0378. The number of ether oxygens (including phenoxy) is 1. The zero-order valence-corrected chi connectivity index (χ0v) is 13.5. The number of hydrogen-bond donors (Lipinski definition) is 1. The summed E-state index contributed by atoms with van der Waals surface area (Å²) in [5.74, 6) is -0.428. The van der Waals surface area contributed by atoms with Crippen molar-refractivity contribution in [3.8, 4) is 5.69 Å². The monoisotopic (exact) mass is 328 g/mol. The van der Waals surface area contributed by atoms with Crippen molar-refractivity contribution in [3.05, 3.63) is 62.2 Å². The number of nitrogens with one attached hydrogen (secondary N) is 1. The number of aryl methyl sites for hydroxylation is 1. The molecule has 1 aromatic carbocycles. The van der Waals surface area contributed by atoms with E-state index in [2.05, 4.69) is 5.10 Å². The third-order valence-electron chi connectivity index (χ3n) is 3.48. The van der Waals surface area contributed by atoms with E-state index in [0.717, 1.165) is 0 Å². The van der Waals surface area contributed by atoms with E-state index in [-0.39, 0.29) is 11.7 Å². The molecule has 7 nitrogen and oxygen atoms in total. The highest BCUT2D eigenvalue weighted by molar-refractivity contribution is 5.89. The number of rotatable bonds is 3. The zero-order chi connectivity index (χ0) is 17.4. The van der Waals surface area contributed by atoms with Crippen LogP contribution in [0.15, 0.2) is 44.3 Å². The van der Waals surface area contributed by atoms with E-state index in [4.69, 9.17) is 9.15 Å². The Morgan fingerprint density at radius 1 is 1.21 bits per heavy atom. The van der Waals surface area contributed by atoms with Gasteiger partial charge in [0.2, 0.25) is 5.58 Å². The molecule has 24 heavy (non-hydrogen) atoms. The second-order valence-electron chi connectivity index (χ2n) is 5.71. The smallest absolute Gasteiger partial charge is 0.338 e. The van der Waals surface area contributed by atoms with E-state index in [9.17, 15) is 14.4 Å². The maximum Gasteiger partial charge on any atom is 0.338 e. The first-order chi connectivity index (χ1) is 11.4. The fourth-order valence-electron chi connectivity index (χ4n) is 2.37. The summed E-state index contributed by atoms with van der Waals surface area (Å²) in [6, 6.07) is 7.68. The van der Waals surface area contributed by atoms with Crippen LogP contribution in [0.5, 0.6) is 0 Å². The van der Waals surface area contributed by atoms with Gasteiger partial charge in [-0.2, -0.15) is 0 Å². The Labute approximate surface area is 136 Å². The van der Waals surface area contributed by atoms with Gasteiger partial charge < -0.3 is 9.15 Å². The first-order valence-corrected chi connectivity index (χ1v) is 7.43. The molecule has 0 saturated heterocycles. The summed E-state index contributed by atoms with van der Waals surface area (Å²) >= 11 is 0. The predicted octanol–water partition coefficient (Wildman–Crippen LogP) is 2.15. The van der Waals surface area contributed by atoms with Crippen molar-refractivity contribution in [2.75, 3.05) is 0 Å². The SMILES string of the molecule is Cc1cc(=O)oc2c(=O)n(-c3ccc(C(=O)OC(C)C)cc3)[nH]c12. The summed E-state index contributed by atoms with van der Waals surface area (Å²) in [4.78, 5) is 35.7. The maximum absolute atomic E-state index is 12.4. The molecule has 0 unspecified atom stereocenters.